The Morgan fingerprint density at radius 1 is 0.667 bits per heavy atom. The van der Waals surface area contributed by atoms with Crippen molar-refractivity contribution in [3.63, 3.8) is 0 Å². The molecular formula is C35H34O10. The topological polar surface area (TPSA) is 100 Å². The minimum absolute atomic E-state index is 0.238. The van der Waals surface area contributed by atoms with Crippen molar-refractivity contribution in [3.05, 3.63) is 119 Å². The van der Waals surface area contributed by atoms with Gasteiger partial charge in [0, 0.05) is 0 Å². The fraction of sp³-hybridized carbons (Fsp3) is 0.286. The molecule has 10 heteroatoms. The van der Waals surface area contributed by atoms with Gasteiger partial charge < -0.3 is 28.6 Å². The van der Waals surface area contributed by atoms with Gasteiger partial charge in [-0.3, -0.25) is 0 Å². The summed E-state index contributed by atoms with van der Waals surface area (Å²) in [6.45, 7) is 3.18. The summed E-state index contributed by atoms with van der Waals surface area (Å²) in [5.41, 5.74) is 3.43. The van der Waals surface area contributed by atoms with Gasteiger partial charge in [0.25, 0.3) is 0 Å². The smallest absolute Gasteiger partial charge is 0.343 e. The van der Waals surface area contributed by atoms with E-state index in [4.69, 9.17) is 43.2 Å². The summed E-state index contributed by atoms with van der Waals surface area (Å²) in [4.78, 5) is 34.3. The van der Waals surface area contributed by atoms with E-state index in [0.717, 1.165) is 22.4 Å². The maximum Gasteiger partial charge on any atom is 0.343 e. The molecule has 6 rings (SSSR count). The third kappa shape index (κ3) is 7.99. The normalized spacial score (nSPS) is 20.4. The molecular weight excluding hydrogens is 580 g/mol. The van der Waals surface area contributed by atoms with E-state index < -0.39 is 5.97 Å². The van der Waals surface area contributed by atoms with Crippen LogP contribution in [-0.2, 0) is 37.4 Å². The number of methoxy groups -OCH3 is 1. The highest BCUT2D eigenvalue weighted by atomic mass is 17.2. The molecule has 2 aliphatic heterocycles. The zero-order chi connectivity index (χ0) is 31.0. The van der Waals surface area contributed by atoms with Gasteiger partial charge >= 0.3 is 5.97 Å². The Morgan fingerprint density at radius 2 is 1.22 bits per heavy atom. The number of aryl methyl sites for hydroxylation is 1. The fourth-order valence-electron chi connectivity index (χ4n) is 4.95. The number of hydrogen-bond acceptors (Lipinski definition) is 10. The molecule has 4 atom stereocenters. The van der Waals surface area contributed by atoms with Crippen LogP contribution in [0.3, 0.4) is 0 Å². The van der Waals surface area contributed by atoms with Crippen molar-refractivity contribution in [2.24, 2.45) is 0 Å². The molecule has 0 amide bonds. The summed E-state index contributed by atoms with van der Waals surface area (Å²) < 4.78 is 28.7. The lowest BCUT2D eigenvalue weighted by Gasteiger charge is -2.18. The third-order valence-corrected chi connectivity index (χ3v) is 7.45. The lowest BCUT2D eigenvalue weighted by atomic mass is 10.1. The molecule has 4 aromatic carbocycles. The Labute approximate surface area is 261 Å². The molecule has 2 saturated heterocycles. The first kappa shape index (κ1) is 30.6. The number of fused-ring (bicyclic) bond motifs is 1. The van der Waals surface area contributed by atoms with Gasteiger partial charge in [-0.15, -0.1) is 0 Å². The van der Waals surface area contributed by atoms with E-state index in [2.05, 4.69) is 0 Å². The molecule has 0 aliphatic carbocycles. The van der Waals surface area contributed by atoms with Crippen LogP contribution in [0.5, 0.6) is 23.0 Å². The second kappa shape index (κ2) is 14.6. The molecule has 2 aliphatic rings. The van der Waals surface area contributed by atoms with E-state index in [0.29, 0.717) is 42.6 Å². The van der Waals surface area contributed by atoms with Crippen LogP contribution >= 0.6 is 0 Å². The molecule has 4 unspecified atom stereocenters. The SMILES string of the molecule is COc1ccc(COOc2ccc(COOC3COC4C(Oc5ccc(OC(=O)c6ccc(C)cc6)cc5)COC34)cc2)cc1. The van der Waals surface area contributed by atoms with E-state index in [9.17, 15) is 4.79 Å². The van der Waals surface area contributed by atoms with E-state index in [1.807, 2.05) is 55.5 Å². The summed E-state index contributed by atoms with van der Waals surface area (Å²) in [7, 11) is 1.63. The highest BCUT2D eigenvalue weighted by Crippen LogP contribution is 2.32. The molecule has 0 saturated carbocycles. The minimum Gasteiger partial charge on any atom is -0.497 e. The highest BCUT2D eigenvalue weighted by Gasteiger charge is 2.50. The van der Waals surface area contributed by atoms with E-state index in [1.54, 1.807) is 55.6 Å². The Balaban J connectivity index is 0.904. The molecule has 2 heterocycles. The van der Waals surface area contributed by atoms with Gasteiger partial charge in [-0.1, -0.05) is 42.0 Å². The first-order chi connectivity index (χ1) is 22.0. The Hall–Kier alpha value is -4.45. The lowest BCUT2D eigenvalue weighted by Crippen LogP contribution is -2.35. The molecule has 0 N–H and O–H groups in total. The van der Waals surface area contributed by atoms with Gasteiger partial charge in [-0.2, -0.15) is 4.89 Å². The van der Waals surface area contributed by atoms with Crippen molar-refractivity contribution in [3.8, 4) is 23.0 Å². The van der Waals surface area contributed by atoms with Crippen molar-refractivity contribution in [1.29, 1.82) is 0 Å². The van der Waals surface area contributed by atoms with Gasteiger partial charge in [-0.05, 0) is 78.7 Å². The van der Waals surface area contributed by atoms with E-state index in [-0.39, 0.29) is 31.0 Å². The quantitative estimate of drug-likeness (QED) is 0.0796. The minimum atomic E-state index is -0.416. The van der Waals surface area contributed by atoms with Crippen molar-refractivity contribution < 1.29 is 48.0 Å². The molecule has 10 nitrogen and oxygen atoms in total. The molecule has 0 bridgehead atoms. The van der Waals surface area contributed by atoms with Crippen LogP contribution in [0.25, 0.3) is 0 Å². The predicted molar refractivity (Wildman–Crippen MR) is 161 cm³/mol. The number of benzene rings is 4. The molecule has 45 heavy (non-hydrogen) atoms. The number of carbonyl (C=O) groups is 1. The number of hydrogen-bond donors (Lipinski definition) is 0. The second-order valence-corrected chi connectivity index (χ2v) is 10.7. The maximum atomic E-state index is 12.4. The number of carbonyl (C=O) groups excluding carboxylic acids is 1. The molecule has 0 aromatic heterocycles. The van der Waals surface area contributed by atoms with Crippen molar-refractivity contribution in [1.82, 2.24) is 0 Å². The Kier molecular flexibility index (Phi) is 9.89. The first-order valence-electron chi connectivity index (χ1n) is 14.6. The Morgan fingerprint density at radius 3 is 1.89 bits per heavy atom. The highest BCUT2D eigenvalue weighted by molar-refractivity contribution is 5.91. The van der Waals surface area contributed by atoms with Crippen LogP contribution in [0.1, 0.15) is 27.0 Å². The average Bonchev–Trinajstić information content (AvgIpc) is 3.66. The van der Waals surface area contributed by atoms with Gasteiger partial charge in [-0.25, -0.2) is 14.6 Å². The van der Waals surface area contributed by atoms with Crippen molar-refractivity contribution in [2.75, 3.05) is 20.3 Å². The lowest BCUT2D eigenvalue weighted by molar-refractivity contribution is -0.341. The molecule has 0 radical (unpaired) electrons. The Bertz CT molecular complexity index is 1520. The number of rotatable bonds is 13. The van der Waals surface area contributed by atoms with Gasteiger partial charge in [0.05, 0.1) is 25.9 Å². The largest absolute Gasteiger partial charge is 0.497 e. The summed E-state index contributed by atoms with van der Waals surface area (Å²) in [5, 5.41) is 0. The van der Waals surface area contributed by atoms with Crippen molar-refractivity contribution in [2.45, 2.75) is 44.6 Å². The van der Waals surface area contributed by atoms with Crippen LogP contribution in [0.4, 0.5) is 0 Å². The molecule has 4 aromatic rings. The van der Waals surface area contributed by atoms with E-state index in [1.165, 1.54) is 0 Å². The fourth-order valence-corrected chi connectivity index (χ4v) is 4.95. The van der Waals surface area contributed by atoms with Gasteiger partial charge in [0.1, 0.15) is 48.8 Å². The zero-order valence-electron chi connectivity index (χ0n) is 25.0. The number of esters is 1. The van der Waals surface area contributed by atoms with Crippen LogP contribution in [0, 0.1) is 6.92 Å². The molecule has 0 spiro atoms. The summed E-state index contributed by atoms with van der Waals surface area (Å²) >= 11 is 0. The second-order valence-electron chi connectivity index (χ2n) is 10.7. The molecule has 234 valence electrons. The van der Waals surface area contributed by atoms with Crippen LogP contribution < -0.4 is 19.1 Å². The summed E-state index contributed by atoms with van der Waals surface area (Å²) in [6, 6.07) is 29.0. The monoisotopic (exact) mass is 614 g/mol. The molecule has 2 fully saturated rings. The number of ether oxygens (including phenoxy) is 5. The van der Waals surface area contributed by atoms with Crippen LogP contribution in [-0.4, -0.2) is 50.7 Å². The maximum absolute atomic E-state index is 12.4. The average molecular weight is 615 g/mol. The standard InChI is InChI=1S/C35H34O10/c1-23-3-9-26(10-4-23)35(36)43-29-17-15-28(16-18-29)42-31-21-38-34-32(22-39-33(31)34)45-41-20-25-7-13-30(14-8-25)44-40-19-24-5-11-27(37-2)12-6-24/h3-18,31-34H,19-22H2,1-2H3. The van der Waals surface area contributed by atoms with Crippen LogP contribution in [0.2, 0.25) is 0 Å². The summed E-state index contributed by atoms with van der Waals surface area (Å²) in [6.07, 6.45) is -1.32. The third-order valence-electron chi connectivity index (χ3n) is 7.45. The zero-order valence-corrected chi connectivity index (χ0v) is 25.0. The predicted octanol–water partition coefficient (Wildman–Crippen LogP) is 5.80. The van der Waals surface area contributed by atoms with E-state index >= 15 is 0 Å². The van der Waals surface area contributed by atoms with Crippen molar-refractivity contribution >= 4 is 5.97 Å². The van der Waals surface area contributed by atoms with Crippen LogP contribution in [0.15, 0.2) is 97.1 Å². The summed E-state index contributed by atoms with van der Waals surface area (Å²) in [5.74, 6) is 1.98. The first-order valence-corrected chi connectivity index (χ1v) is 14.6. The van der Waals surface area contributed by atoms with Gasteiger partial charge in [0.15, 0.2) is 11.9 Å². The van der Waals surface area contributed by atoms with Gasteiger partial charge in [0.2, 0.25) is 0 Å².